The molecule has 1 unspecified atom stereocenters. The number of ether oxygens (including phenoxy) is 1. The molecular weight excluding hydrogens is 242 g/mol. The Kier molecular flexibility index (Phi) is 5.92. The molecule has 0 bridgehead atoms. The summed E-state index contributed by atoms with van der Waals surface area (Å²) in [5.41, 5.74) is 0. The maximum atomic E-state index is 12.0. The predicted octanol–water partition coefficient (Wildman–Crippen LogP) is 1.29. The van der Waals surface area contributed by atoms with Crippen LogP contribution in [0.15, 0.2) is 0 Å². The first-order valence-corrected chi connectivity index (χ1v) is 7.66. The molecule has 0 aromatic rings. The van der Waals surface area contributed by atoms with E-state index in [2.05, 4.69) is 17.1 Å². The number of rotatable bonds is 5. The molecule has 2 aliphatic heterocycles. The number of piperazine rings is 1. The molecule has 19 heavy (non-hydrogen) atoms. The summed E-state index contributed by atoms with van der Waals surface area (Å²) in [4.78, 5) is 16.4. The molecule has 0 radical (unpaired) electrons. The number of amides is 2. The van der Waals surface area contributed by atoms with Crippen LogP contribution in [0.4, 0.5) is 4.79 Å². The summed E-state index contributed by atoms with van der Waals surface area (Å²) in [5.74, 6) is 0. The van der Waals surface area contributed by atoms with Crippen LogP contribution < -0.4 is 5.32 Å². The highest BCUT2D eigenvalue weighted by atomic mass is 16.5. The number of carbonyl (C=O) groups excluding carboxylic acids is 1. The topological polar surface area (TPSA) is 44.8 Å². The number of unbranched alkanes of at least 4 members (excludes halogenated alkanes) is 1. The zero-order valence-corrected chi connectivity index (χ0v) is 12.1. The Labute approximate surface area is 116 Å². The lowest BCUT2D eigenvalue weighted by atomic mass is 10.2. The van der Waals surface area contributed by atoms with E-state index in [0.29, 0.717) is 6.54 Å². The first kappa shape index (κ1) is 14.6. The molecule has 110 valence electrons. The SMILES string of the molecule is CCCCN1CCN(C(=O)NCC2CCCO2)CC1. The third-order valence-electron chi connectivity index (χ3n) is 3.99. The van der Waals surface area contributed by atoms with Gasteiger partial charge in [0.1, 0.15) is 0 Å². The number of nitrogens with one attached hydrogen (secondary N) is 1. The van der Waals surface area contributed by atoms with Gasteiger partial charge in [0, 0.05) is 39.3 Å². The van der Waals surface area contributed by atoms with Gasteiger partial charge >= 0.3 is 6.03 Å². The molecule has 0 aliphatic carbocycles. The lowest BCUT2D eigenvalue weighted by Gasteiger charge is -2.34. The van der Waals surface area contributed by atoms with Crippen LogP contribution in [0.1, 0.15) is 32.6 Å². The van der Waals surface area contributed by atoms with Crippen molar-refractivity contribution in [1.82, 2.24) is 15.1 Å². The summed E-state index contributed by atoms with van der Waals surface area (Å²) in [5, 5.41) is 3.00. The average molecular weight is 269 g/mol. The van der Waals surface area contributed by atoms with Crippen LogP contribution in [0.2, 0.25) is 0 Å². The van der Waals surface area contributed by atoms with E-state index in [1.165, 1.54) is 19.4 Å². The lowest BCUT2D eigenvalue weighted by molar-refractivity contribution is 0.104. The molecule has 1 atom stereocenters. The average Bonchev–Trinajstić information content (AvgIpc) is 2.96. The smallest absolute Gasteiger partial charge is 0.317 e. The van der Waals surface area contributed by atoms with Gasteiger partial charge in [-0.25, -0.2) is 4.79 Å². The monoisotopic (exact) mass is 269 g/mol. The van der Waals surface area contributed by atoms with Gasteiger partial charge < -0.3 is 15.0 Å². The molecule has 0 spiro atoms. The Bertz CT molecular complexity index is 272. The van der Waals surface area contributed by atoms with Crippen LogP contribution in [0, 0.1) is 0 Å². The van der Waals surface area contributed by atoms with Gasteiger partial charge in [0.05, 0.1) is 6.10 Å². The Morgan fingerprint density at radius 1 is 1.32 bits per heavy atom. The molecule has 2 amide bonds. The summed E-state index contributed by atoms with van der Waals surface area (Å²) in [6.45, 7) is 8.60. The van der Waals surface area contributed by atoms with Gasteiger partial charge in [-0.15, -0.1) is 0 Å². The zero-order chi connectivity index (χ0) is 13.5. The van der Waals surface area contributed by atoms with E-state index in [9.17, 15) is 4.79 Å². The van der Waals surface area contributed by atoms with E-state index in [1.54, 1.807) is 0 Å². The van der Waals surface area contributed by atoms with Gasteiger partial charge in [-0.3, -0.25) is 4.90 Å². The van der Waals surface area contributed by atoms with Crippen LogP contribution >= 0.6 is 0 Å². The second-order valence-electron chi connectivity index (χ2n) is 5.50. The van der Waals surface area contributed by atoms with E-state index < -0.39 is 0 Å². The summed E-state index contributed by atoms with van der Waals surface area (Å²) in [7, 11) is 0. The number of hydrogen-bond acceptors (Lipinski definition) is 3. The van der Waals surface area contributed by atoms with Crippen molar-refractivity contribution in [2.75, 3.05) is 45.9 Å². The minimum atomic E-state index is 0.0747. The molecular formula is C14H27N3O2. The molecule has 2 rings (SSSR count). The summed E-state index contributed by atoms with van der Waals surface area (Å²) in [6.07, 6.45) is 4.92. The van der Waals surface area contributed by atoms with Gasteiger partial charge in [0.15, 0.2) is 0 Å². The number of urea groups is 1. The van der Waals surface area contributed by atoms with E-state index >= 15 is 0 Å². The molecule has 0 saturated carbocycles. The first-order chi connectivity index (χ1) is 9.29. The zero-order valence-electron chi connectivity index (χ0n) is 12.1. The van der Waals surface area contributed by atoms with Gasteiger partial charge in [0.2, 0.25) is 0 Å². The fourth-order valence-corrected chi connectivity index (χ4v) is 2.67. The first-order valence-electron chi connectivity index (χ1n) is 7.66. The second-order valence-corrected chi connectivity index (χ2v) is 5.50. The molecule has 5 heteroatoms. The van der Waals surface area contributed by atoms with Crippen LogP contribution in [0.3, 0.4) is 0 Å². The van der Waals surface area contributed by atoms with Crippen molar-refractivity contribution in [1.29, 1.82) is 0 Å². The van der Waals surface area contributed by atoms with Crippen molar-refractivity contribution in [2.24, 2.45) is 0 Å². The highest BCUT2D eigenvalue weighted by Crippen LogP contribution is 2.11. The predicted molar refractivity (Wildman–Crippen MR) is 75.3 cm³/mol. The van der Waals surface area contributed by atoms with E-state index in [1.807, 2.05) is 4.90 Å². The van der Waals surface area contributed by atoms with Gasteiger partial charge in [-0.05, 0) is 25.8 Å². The third kappa shape index (κ3) is 4.66. The Morgan fingerprint density at radius 2 is 2.11 bits per heavy atom. The molecule has 2 aliphatic rings. The van der Waals surface area contributed by atoms with Crippen molar-refractivity contribution >= 4 is 6.03 Å². The molecule has 0 aromatic carbocycles. The second kappa shape index (κ2) is 7.70. The molecule has 1 N–H and O–H groups in total. The summed E-state index contributed by atoms with van der Waals surface area (Å²) >= 11 is 0. The van der Waals surface area contributed by atoms with Crippen molar-refractivity contribution in [2.45, 2.75) is 38.7 Å². The van der Waals surface area contributed by atoms with Crippen LogP contribution in [0.25, 0.3) is 0 Å². The van der Waals surface area contributed by atoms with Gasteiger partial charge in [-0.1, -0.05) is 13.3 Å². The van der Waals surface area contributed by atoms with Crippen LogP contribution in [0.5, 0.6) is 0 Å². The molecule has 2 fully saturated rings. The summed E-state index contributed by atoms with van der Waals surface area (Å²) in [6, 6.07) is 0.0747. The molecule has 5 nitrogen and oxygen atoms in total. The maximum Gasteiger partial charge on any atom is 0.317 e. The van der Waals surface area contributed by atoms with Gasteiger partial charge in [-0.2, -0.15) is 0 Å². The quantitative estimate of drug-likeness (QED) is 0.818. The Balaban J connectivity index is 1.61. The molecule has 2 heterocycles. The third-order valence-corrected chi connectivity index (χ3v) is 3.99. The van der Waals surface area contributed by atoms with Crippen molar-refractivity contribution in [3.05, 3.63) is 0 Å². The van der Waals surface area contributed by atoms with E-state index in [0.717, 1.165) is 45.6 Å². The maximum absolute atomic E-state index is 12.0. The van der Waals surface area contributed by atoms with Crippen molar-refractivity contribution < 1.29 is 9.53 Å². The fraction of sp³-hybridized carbons (Fsp3) is 0.929. The van der Waals surface area contributed by atoms with Crippen LogP contribution in [-0.4, -0.2) is 67.8 Å². The molecule has 2 saturated heterocycles. The minimum Gasteiger partial charge on any atom is -0.376 e. The van der Waals surface area contributed by atoms with Gasteiger partial charge in [0.25, 0.3) is 0 Å². The fourth-order valence-electron chi connectivity index (χ4n) is 2.67. The largest absolute Gasteiger partial charge is 0.376 e. The molecule has 0 aromatic heterocycles. The van der Waals surface area contributed by atoms with Crippen molar-refractivity contribution in [3.8, 4) is 0 Å². The highest BCUT2D eigenvalue weighted by molar-refractivity contribution is 5.74. The lowest BCUT2D eigenvalue weighted by Crippen LogP contribution is -2.52. The Morgan fingerprint density at radius 3 is 2.74 bits per heavy atom. The van der Waals surface area contributed by atoms with E-state index in [-0.39, 0.29) is 12.1 Å². The Hall–Kier alpha value is -0.810. The van der Waals surface area contributed by atoms with E-state index in [4.69, 9.17) is 4.74 Å². The minimum absolute atomic E-state index is 0.0747. The number of carbonyl (C=O) groups is 1. The number of nitrogens with zero attached hydrogens (tertiary/aromatic N) is 2. The summed E-state index contributed by atoms with van der Waals surface area (Å²) < 4.78 is 5.51. The number of hydrogen-bond donors (Lipinski definition) is 1. The van der Waals surface area contributed by atoms with Crippen LogP contribution in [-0.2, 0) is 4.74 Å². The normalized spacial score (nSPS) is 24.7. The highest BCUT2D eigenvalue weighted by Gasteiger charge is 2.22. The standard InChI is InChI=1S/C14H27N3O2/c1-2-3-6-16-7-9-17(10-8-16)14(18)15-12-13-5-4-11-19-13/h13H,2-12H2,1H3,(H,15,18). The van der Waals surface area contributed by atoms with Crippen molar-refractivity contribution in [3.63, 3.8) is 0 Å².